The van der Waals surface area contributed by atoms with Gasteiger partial charge in [-0.05, 0) is 30.7 Å². The lowest BCUT2D eigenvalue weighted by molar-refractivity contribution is 0.275. The predicted molar refractivity (Wildman–Crippen MR) is 154 cm³/mol. The van der Waals surface area contributed by atoms with Crippen LogP contribution in [0.1, 0.15) is 147 Å². The van der Waals surface area contributed by atoms with Crippen molar-refractivity contribution in [3.63, 3.8) is 0 Å². The molecule has 198 valence electrons. The highest BCUT2D eigenvalue weighted by atomic mass is 15.1. The molecular weight excluding hydrogens is 424 g/mol. The normalized spacial score (nSPS) is 13.2. The van der Waals surface area contributed by atoms with Gasteiger partial charge in [-0.1, -0.05) is 153 Å². The zero-order valence-corrected chi connectivity index (χ0v) is 23.3. The van der Waals surface area contributed by atoms with Crippen molar-refractivity contribution in [1.29, 1.82) is 0 Å². The van der Waals surface area contributed by atoms with Gasteiger partial charge in [-0.3, -0.25) is 0 Å². The third kappa shape index (κ3) is 13.9. The van der Waals surface area contributed by atoms with Crippen molar-refractivity contribution in [1.82, 2.24) is 9.55 Å². The van der Waals surface area contributed by atoms with E-state index in [1.165, 1.54) is 134 Å². The zero-order chi connectivity index (χ0) is 24.8. The van der Waals surface area contributed by atoms with Crippen LogP contribution in [-0.2, 0) is 6.42 Å². The summed E-state index contributed by atoms with van der Waals surface area (Å²) in [6.45, 7) is 4.61. The first kappa shape index (κ1) is 29.7. The lowest BCUT2D eigenvalue weighted by Gasteiger charge is -2.29. The van der Waals surface area contributed by atoms with Gasteiger partial charge in [0.25, 0.3) is 0 Å². The minimum atomic E-state index is 0.576. The molecule has 0 aliphatic carbocycles. The van der Waals surface area contributed by atoms with Crippen LogP contribution in [0, 0.1) is 5.92 Å². The summed E-state index contributed by atoms with van der Waals surface area (Å²) in [6, 6.07) is 11.8. The van der Waals surface area contributed by atoms with Gasteiger partial charge >= 0.3 is 0 Å². The summed E-state index contributed by atoms with van der Waals surface area (Å²) < 4.78 is 2.43. The number of rotatable bonds is 23. The SMILES string of the molecule is CCCCCCCCCCCCCCC(C(CCCCCCC)Cc1ccccc1)n1ccnc1. The smallest absolute Gasteiger partial charge is 0.0948 e. The van der Waals surface area contributed by atoms with Gasteiger partial charge in [0.15, 0.2) is 0 Å². The molecule has 2 unspecified atom stereocenters. The van der Waals surface area contributed by atoms with Gasteiger partial charge in [-0.25, -0.2) is 4.98 Å². The zero-order valence-electron chi connectivity index (χ0n) is 23.3. The molecule has 0 bridgehead atoms. The molecule has 0 aliphatic heterocycles. The second kappa shape index (κ2) is 20.6. The minimum Gasteiger partial charge on any atom is -0.334 e. The fraction of sp³-hybridized carbons (Fsp3) is 0.727. The Morgan fingerprint density at radius 1 is 0.629 bits per heavy atom. The highest BCUT2D eigenvalue weighted by Crippen LogP contribution is 2.32. The van der Waals surface area contributed by atoms with E-state index in [4.69, 9.17) is 0 Å². The number of benzene rings is 1. The van der Waals surface area contributed by atoms with E-state index in [9.17, 15) is 0 Å². The van der Waals surface area contributed by atoms with Crippen LogP contribution in [0.4, 0.5) is 0 Å². The lowest BCUT2D eigenvalue weighted by Crippen LogP contribution is -2.21. The average Bonchev–Trinajstić information content (AvgIpc) is 3.41. The van der Waals surface area contributed by atoms with Crippen LogP contribution in [0.15, 0.2) is 49.1 Å². The number of aromatic nitrogens is 2. The van der Waals surface area contributed by atoms with Crippen LogP contribution in [0.3, 0.4) is 0 Å². The Hall–Kier alpha value is -1.57. The summed E-state index contributed by atoms with van der Waals surface area (Å²) >= 11 is 0. The van der Waals surface area contributed by atoms with Gasteiger partial charge in [0.05, 0.1) is 6.33 Å². The van der Waals surface area contributed by atoms with Crippen LogP contribution in [0.2, 0.25) is 0 Å². The Bertz CT molecular complexity index is 678. The molecule has 2 aromatic rings. The van der Waals surface area contributed by atoms with Gasteiger partial charge in [0, 0.05) is 18.4 Å². The standard InChI is InChI=1S/C33H56N2/c1-3-5-7-9-10-11-12-13-14-15-17-22-26-33(35-28-27-34-30-35)32(25-21-16-8-6-4-2)29-31-23-19-18-20-24-31/h18-20,23-24,27-28,30,32-33H,3-17,21-22,25-26,29H2,1-2H3. The number of hydrogen-bond acceptors (Lipinski definition) is 1. The fourth-order valence-corrected chi connectivity index (χ4v) is 5.65. The lowest BCUT2D eigenvalue weighted by atomic mass is 9.84. The van der Waals surface area contributed by atoms with Gasteiger partial charge in [-0.15, -0.1) is 0 Å². The number of unbranched alkanes of at least 4 members (excludes halogenated alkanes) is 15. The highest BCUT2D eigenvalue weighted by Gasteiger charge is 2.23. The van der Waals surface area contributed by atoms with E-state index in [1.807, 2.05) is 6.20 Å². The molecular formula is C33H56N2. The van der Waals surface area contributed by atoms with Crippen LogP contribution in [0.25, 0.3) is 0 Å². The first-order valence-electron chi connectivity index (χ1n) is 15.4. The Balaban J connectivity index is 1.77. The fourth-order valence-electron chi connectivity index (χ4n) is 5.65. The first-order valence-corrected chi connectivity index (χ1v) is 15.4. The Labute approximate surface area is 218 Å². The number of hydrogen-bond donors (Lipinski definition) is 0. The van der Waals surface area contributed by atoms with E-state index in [-0.39, 0.29) is 0 Å². The number of nitrogens with zero attached hydrogens (tertiary/aromatic N) is 2. The van der Waals surface area contributed by atoms with Crippen LogP contribution < -0.4 is 0 Å². The molecule has 0 fully saturated rings. The Morgan fingerprint density at radius 2 is 1.14 bits per heavy atom. The van der Waals surface area contributed by atoms with Gasteiger partial charge < -0.3 is 4.57 Å². The monoisotopic (exact) mass is 480 g/mol. The summed E-state index contributed by atoms with van der Waals surface area (Å²) in [5.74, 6) is 0.695. The molecule has 0 aliphatic rings. The van der Waals surface area contributed by atoms with Gasteiger partial charge in [-0.2, -0.15) is 0 Å². The second-order valence-electron chi connectivity index (χ2n) is 10.9. The maximum Gasteiger partial charge on any atom is 0.0948 e. The molecule has 2 heteroatoms. The van der Waals surface area contributed by atoms with Crippen molar-refractivity contribution >= 4 is 0 Å². The van der Waals surface area contributed by atoms with E-state index in [0.717, 1.165) is 0 Å². The molecule has 0 saturated heterocycles. The van der Waals surface area contributed by atoms with Gasteiger partial charge in [0.1, 0.15) is 0 Å². The molecule has 0 spiro atoms. The summed E-state index contributed by atoms with van der Waals surface area (Å²) in [5.41, 5.74) is 1.49. The summed E-state index contributed by atoms with van der Waals surface area (Å²) in [6.07, 6.45) is 33.9. The maximum atomic E-state index is 4.43. The van der Waals surface area contributed by atoms with E-state index < -0.39 is 0 Å². The van der Waals surface area contributed by atoms with Crippen molar-refractivity contribution in [2.24, 2.45) is 5.92 Å². The summed E-state index contributed by atoms with van der Waals surface area (Å²) in [4.78, 5) is 4.43. The molecule has 2 rings (SSSR count). The molecule has 0 amide bonds. The largest absolute Gasteiger partial charge is 0.334 e. The van der Waals surface area contributed by atoms with Crippen LogP contribution in [0.5, 0.6) is 0 Å². The third-order valence-corrected chi connectivity index (χ3v) is 7.82. The summed E-state index contributed by atoms with van der Waals surface area (Å²) in [7, 11) is 0. The quantitative estimate of drug-likeness (QED) is 0.145. The summed E-state index contributed by atoms with van der Waals surface area (Å²) in [5, 5.41) is 0. The minimum absolute atomic E-state index is 0.576. The molecule has 2 atom stereocenters. The van der Waals surface area contributed by atoms with Crippen molar-refractivity contribution in [3.8, 4) is 0 Å². The predicted octanol–water partition coefficient (Wildman–Crippen LogP) is 10.7. The molecule has 0 N–H and O–H groups in total. The van der Waals surface area contributed by atoms with Crippen LogP contribution in [-0.4, -0.2) is 9.55 Å². The topological polar surface area (TPSA) is 17.8 Å². The van der Waals surface area contributed by atoms with Crippen molar-refractivity contribution in [3.05, 3.63) is 54.6 Å². The van der Waals surface area contributed by atoms with Gasteiger partial charge in [0.2, 0.25) is 0 Å². The first-order chi connectivity index (χ1) is 17.3. The second-order valence-corrected chi connectivity index (χ2v) is 10.9. The molecule has 2 nitrogen and oxygen atoms in total. The van der Waals surface area contributed by atoms with E-state index >= 15 is 0 Å². The average molecular weight is 481 g/mol. The van der Waals surface area contributed by atoms with E-state index in [2.05, 4.69) is 66.3 Å². The molecule has 0 saturated carbocycles. The molecule has 1 aromatic carbocycles. The molecule has 35 heavy (non-hydrogen) atoms. The van der Waals surface area contributed by atoms with Crippen molar-refractivity contribution in [2.45, 2.75) is 148 Å². The molecule has 1 aromatic heterocycles. The van der Waals surface area contributed by atoms with Crippen molar-refractivity contribution < 1.29 is 0 Å². The van der Waals surface area contributed by atoms with E-state index in [0.29, 0.717) is 12.0 Å². The third-order valence-electron chi connectivity index (χ3n) is 7.82. The highest BCUT2D eigenvalue weighted by molar-refractivity contribution is 5.15. The van der Waals surface area contributed by atoms with E-state index in [1.54, 1.807) is 0 Å². The number of imidazole rings is 1. The Morgan fingerprint density at radius 3 is 1.66 bits per heavy atom. The maximum absolute atomic E-state index is 4.43. The Kier molecular flexibility index (Phi) is 17.5. The van der Waals surface area contributed by atoms with Crippen LogP contribution >= 0.6 is 0 Å². The molecule has 1 heterocycles. The van der Waals surface area contributed by atoms with Crippen molar-refractivity contribution in [2.75, 3.05) is 0 Å². The molecule has 0 radical (unpaired) electrons.